The summed E-state index contributed by atoms with van der Waals surface area (Å²) in [6.07, 6.45) is 2.34. The molecule has 0 spiro atoms. The van der Waals surface area contributed by atoms with Crippen molar-refractivity contribution in [2.75, 3.05) is 13.6 Å². The number of aromatic nitrogens is 2. The predicted molar refractivity (Wildman–Crippen MR) is 54.4 cm³/mol. The van der Waals surface area contributed by atoms with Crippen LogP contribution in [-0.2, 0) is 6.42 Å². The monoisotopic (exact) mass is 207 g/mol. The first kappa shape index (κ1) is 9.92. The second kappa shape index (κ2) is 4.27. The van der Waals surface area contributed by atoms with Gasteiger partial charge in [-0.25, -0.2) is 0 Å². The number of furan rings is 1. The van der Waals surface area contributed by atoms with Gasteiger partial charge in [0.05, 0.1) is 6.26 Å². The lowest BCUT2D eigenvalue weighted by molar-refractivity contribution is 0.476. The van der Waals surface area contributed by atoms with Gasteiger partial charge in [0, 0.05) is 18.5 Å². The van der Waals surface area contributed by atoms with Crippen LogP contribution < -0.4 is 5.32 Å². The van der Waals surface area contributed by atoms with E-state index in [0.29, 0.717) is 17.5 Å². The molecule has 0 amide bonds. The summed E-state index contributed by atoms with van der Waals surface area (Å²) >= 11 is 0. The van der Waals surface area contributed by atoms with E-state index < -0.39 is 0 Å². The molecule has 5 nitrogen and oxygen atoms in total. The van der Waals surface area contributed by atoms with Gasteiger partial charge in [0.2, 0.25) is 5.89 Å². The molecule has 5 heteroatoms. The minimum absolute atomic E-state index is 0.448. The van der Waals surface area contributed by atoms with E-state index in [-0.39, 0.29) is 0 Å². The van der Waals surface area contributed by atoms with Gasteiger partial charge in [-0.05, 0) is 20.0 Å². The quantitative estimate of drug-likeness (QED) is 0.821. The molecule has 0 fully saturated rings. The lowest BCUT2D eigenvalue weighted by Gasteiger charge is -1.92. The highest BCUT2D eigenvalue weighted by Gasteiger charge is 2.13. The first-order valence-electron chi connectivity index (χ1n) is 4.82. The van der Waals surface area contributed by atoms with Crippen LogP contribution in [0.25, 0.3) is 11.7 Å². The molecule has 2 aromatic rings. The maximum atomic E-state index is 5.45. The highest BCUT2D eigenvalue weighted by molar-refractivity contribution is 5.49. The zero-order valence-electron chi connectivity index (χ0n) is 8.78. The molecule has 0 radical (unpaired) electrons. The van der Waals surface area contributed by atoms with Gasteiger partial charge in [-0.15, -0.1) is 10.2 Å². The van der Waals surface area contributed by atoms with Gasteiger partial charge in [0.15, 0.2) is 5.76 Å². The molecule has 0 saturated carbocycles. The third-order valence-electron chi connectivity index (χ3n) is 2.11. The molecule has 0 aliphatic heterocycles. The Morgan fingerprint density at radius 3 is 2.93 bits per heavy atom. The van der Waals surface area contributed by atoms with E-state index in [4.69, 9.17) is 8.83 Å². The van der Waals surface area contributed by atoms with Crippen LogP contribution in [0.3, 0.4) is 0 Å². The van der Waals surface area contributed by atoms with E-state index in [0.717, 1.165) is 18.5 Å². The minimum Gasteiger partial charge on any atom is -0.459 e. The molecule has 2 rings (SSSR count). The molecule has 0 aromatic carbocycles. The van der Waals surface area contributed by atoms with Crippen molar-refractivity contribution >= 4 is 0 Å². The molecule has 0 unspecified atom stereocenters. The summed E-state index contributed by atoms with van der Waals surface area (Å²) in [4.78, 5) is 0. The van der Waals surface area contributed by atoms with Gasteiger partial charge < -0.3 is 14.2 Å². The average Bonchev–Trinajstić information content (AvgIpc) is 2.83. The third kappa shape index (κ3) is 2.07. The number of likely N-dealkylation sites (N-methyl/N-ethyl adjacent to an activating group) is 1. The third-order valence-corrected chi connectivity index (χ3v) is 2.11. The summed E-state index contributed by atoms with van der Waals surface area (Å²) < 4.78 is 10.7. The van der Waals surface area contributed by atoms with Gasteiger partial charge in [-0.3, -0.25) is 0 Å². The van der Waals surface area contributed by atoms with Crippen molar-refractivity contribution in [3.8, 4) is 11.7 Å². The Kier molecular flexibility index (Phi) is 2.82. The van der Waals surface area contributed by atoms with Gasteiger partial charge in [-0.2, -0.15) is 0 Å². The maximum Gasteiger partial charge on any atom is 0.283 e. The number of hydrogen-bond acceptors (Lipinski definition) is 5. The normalized spacial score (nSPS) is 10.8. The maximum absolute atomic E-state index is 5.45. The Morgan fingerprint density at radius 2 is 2.27 bits per heavy atom. The summed E-state index contributed by atoms with van der Waals surface area (Å²) in [5, 5.41) is 10.9. The average molecular weight is 207 g/mol. The fourth-order valence-corrected chi connectivity index (χ4v) is 1.27. The SMILES string of the molecule is CNCCc1nnc(-c2occc2C)o1. The predicted octanol–water partition coefficient (Wildman–Crippen LogP) is 1.40. The Bertz CT molecular complexity index is 433. The van der Waals surface area contributed by atoms with Crippen molar-refractivity contribution in [1.82, 2.24) is 15.5 Å². The van der Waals surface area contributed by atoms with E-state index in [1.165, 1.54) is 0 Å². The Balaban J connectivity index is 2.17. The van der Waals surface area contributed by atoms with Crippen LogP contribution in [0.1, 0.15) is 11.5 Å². The van der Waals surface area contributed by atoms with Gasteiger partial charge in [0.25, 0.3) is 5.89 Å². The molecule has 2 aromatic heterocycles. The van der Waals surface area contributed by atoms with E-state index in [2.05, 4.69) is 15.5 Å². The second-order valence-electron chi connectivity index (χ2n) is 3.29. The smallest absolute Gasteiger partial charge is 0.283 e. The molecular formula is C10H13N3O2. The van der Waals surface area contributed by atoms with Crippen LogP contribution in [-0.4, -0.2) is 23.8 Å². The summed E-state index contributed by atoms with van der Waals surface area (Å²) in [7, 11) is 1.88. The van der Waals surface area contributed by atoms with E-state index in [1.54, 1.807) is 6.26 Å². The van der Waals surface area contributed by atoms with Crippen LogP contribution in [0.15, 0.2) is 21.2 Å². The van der Waals surface area contributed by atoms with Crippen LogP contribution in [0.4, 0.5) is 0 Å². The molecule has 0 atom stereocenters. The molecule has 0 aliphatic carbocycles. The van der Waals surface area contributed by atoms with E-state index in [9.17, 15) is 0 Å². The lowest BCUT2D eigenvalue weighted by Crippen LogP contribution is -2.10. The molecule has 15 heavy (non-hydrogen) atoms. The zero-order valence-corrected chi connectivity index (χ0v) is 8.78. The number of aryl methyl sites for hydroxylation is 1. The van der Waals surface area contributed by atoms with Crippen LogP contribution in [0.2, 0.25) is 0 Å². The summed E-state index contributed by atoms with van der Waals surface area (Å²) in [6.45, 7) is 2.76. The van der Waals surface area contributed by atoms with Crippen molar-refractivity contribution in [1.29, 1.82) is 0 Å². The largest absolute Gasteiger partial charge is 0.459 e. The van der Waals surface area contributed by atoms with Crippen molar-refractivity contribution in [3.05, 3.63) is 23.8 Å². The first-order chi connectivity index (χ1) is 7.31. The van der Waals surface area contributed by atoms with Crippen molar-refractivity contribution in [2.24, 2.45) is 0 Å². The lowest BCUT2D eigenvalue weighted by atomic mass is 10.3. The molecule has 0 bridgehead atoms. The highest BCUT2D eigenvalue weighted by Crippen LogP contribution is 2.22. The van der Waals surface area contributed by atoms with Crippen LogP contribution in [0.5, 0.6) is 0 Å². The fourth-order valence-electron chi connectivity index (χ4n) is 1.27. The van der Waals surface area contributed by atoms with Crippen molar-refractivity contribution in [2.45, 2.75) is 13.3 Å². The molecule has 1 N–H and O–H groups in total. The minimum atomic E-state index is 0.448. The second-order valence-corrected chi connectivity index (χ2v) is 3.29. The summed E-state index contributed by atoms with van der Waals surface area (Å²) in [5.74, 6) is 1.72. The van der Waals surface area contributed by atoms with Gasteiger partial charge in [0.1, 0.15) is 0 Å². The Labute approximate surface area is 87.5 Å². The first-order valence-corrected chi connectivity index (χ1v) is 4.82. The van der Waals surface area contributed by atoms with Crippen LogP contribution >= 0.6 is 0 Å². The number of nitrogens with zero attached hydrogens (tertiary/aromatic N) is 2. The van der Waals surface area contributed by atoms with Crippen LogP contribution in [0, 0.1) is 6.92 Å². The summed E-state index contributed by atoms with van der Waals surface area (Å²) in [5.41, 5.74) is 0.999. The molecule has 0 aliphatic rings. The zero-order chi connectivity index (χ0) is 10.7. The Morgan fingerprint density at radius 1 is 1.40 bits per heavy atom. The fraction of sp³-hybridized carbons (Fsp3) is 0.400. The Hall–Kier alpha value is -1.62. The van der Waals surface area contributed by atoms with E-state index >= 15 is 0 Å². The summed E-state index contributed by atoms with van der Waals surface area (Å²) in [6, 6.07) is 1.87. The number of nitrogens with one attached hydrogen (secondary N) is 1. The van der Waals surface area contributed by atoms with E-state index in [1.807, 2.05) is 20.0 Å². The highest BCUT2D eigenvalue weighted by atomic mass is 16.4. The standard InChI is InChI=1S/C10H13N3O2/c1-7-4-6-14-9(7)10-13-12-8(15-10)3-5-11-2/h4,6,11H,3,5H2,1-2H3. The molecule has 0 saturated heterocycles. The van der Waals surface area contributed by atoms with Crippen molar-refractivity contribution in [3.63, 3.8) is 0 Å². The van der Waals surface area contributed by atoms with Gasteiger partial charge in [-0.1, -0.05) is 0 Å². The molecule has 2 heterocycles. The number of hydrogen-bond donors (Lipinski definition) is 1. The molecule has 80 valence electrons. The topological polar surface area (TPSA) is 64.1 Å². The van der Waals surface area contributed by atoms with Crippen molar-refractivity contribution < 1.29 is 8.83 Å². The van der Waals surface area contributed by atoms with Gasteiger partial charge >= 0.3 is 0 Å². The molecular weight excluding hydrogens is 194 g/mol. The number of rotatable bonds is 4.